The highest BCUT2D eigenvalue weighted by atomic mass is 35.5. The summed E-state index contributed by atoms with van der Waals surface area (Å²) >= 11 is 4.67. The van der Waals surface area contributed by atoms with Gasteiger partial charge in [-0.15, -0.1) is 0 Å². The van der Waals surface area contributed by atoms with Crippen LogP contribution in [0.2, 0.25) is 0 Å². The zero-order valence-corrected chi connectivity index (χ0v) is 7.90. The summed E-state index contributed by atoms with van der Waals surface area (Å²) in [6.07, 6.45) is -10.6. The van der Waals surface area contributed by atoms with Crippen LogP contribution in [0.3, 0.4) is 0 Å². The van der Waals surface area contributed by atoms with Gasteiger partial charge in [-0.3, -0.25) is 5.41 Å². The highest BCUT2D eigenvalue weighted by molar-refractivity contribution is 6.69. The van der Waals surface area contributed by atoms with E-state index in [1.165, 1.54) is 5.32 Å². The van der Waals surface area contributed by atoms with Crippen LogP contribution < -0.4 is 5.32 Å². The zero-order chi connectivity index (χ0) is 12.4. The molecule has 0 atom stereocenters. The molecule has 0 aromatic rings. The third kappa shape index (κ3) is 3.61. The molecule has 0 saturated carbocycles. The molecule has 2 nitrogen and oxygen atoms in total. The summed E-state index contributed by atoms with van der Waals surface area (Å²) in [5.41, 5.74) is -4.32. The van der Waals surface area contributed by atoms with Crippen LogP contribution in [0.25, 0.3) is 0 Å². The summed E-state index contributed by atoms with van der Waals surface area (Å²) in [6, 6.07) is 0. The first-order valence-corrected chi connectivity index (χ1v) is 3.70. The van der Waals surface area contributed by atoms with Crippen LogP contribution in [0, 0.1) is 5.41 Å². The average molecular weight is 255 g/mol. The maximum atomic E-state index is 12.1. The Bertz CT molecular complexity index is 289. The van der Waals surface area contributed by atoms with Crippen LogP contribution in [0.1, 0.15) is 0 Å². The Kier molecular flexibility index (Phi) is 4.03. The molecule has 0 saturated heterocycles. The van der Waals surface area contributed by atoms with E-state index in [4.69, 9.17) is 5.41 Å². The smallest absolute Gasteiger partial charge is 0.384 e. The van der Waals surface area contributed by atoms with Crippen LogP contribution in [0.15, 0.2) is 11.3 Å². The molecule has 0 fully saturated rings. The molecule has 9 heteroatoms. The van der Waals surface area contributed by atoms with Crippen molar-refractivity contribution in [1.82, 2.24) is 5.32 Å². The van der Waals surface area contributed by atoms with E-state index in [0.717, 1.165) is 0 Å². The van der Waals surface area contributed by atoms with Gasteiger partial charge in [-0.05, 0) is 0 Å². The highest BCUT2D eigenvalue weighted by Gasteiger charge is 2.46. The van der Waals surface area contributed by atoms with Gasteiger partial charge in [0.25, 0.3) is 0 Å². The van der Waals surface area contributed by atoms with Gasteiger partial charge in [0.05, 0.1) is 0 Å². The van der Waals surface area contributed by atoms with E-state index < -0.39 is 28.8 Å². The van der Waals surface area contributed by atoms with E-state index in [2.05, 4.69) is 11.6 Å². The number of allylic oxidation sites excluding steroid dienone is 2. The molecule has 0 spiro atoms. The molecule has 0 aliphatic rings. The second kappa shape index (κ2) is 4.30. The monoisotopic (exact) mass is 254 g/mol. The molecule has 88 valence electrons. The normalized spacial score (nSPS) is 14.7. The van der Waals surface area contributed by atoms with Crippen molar-refractivity contribution in [2.75, 3.05) is 7.05 Å². The lowest BCUT2D eigenvalue weighted by molar-refractivity contribution is -0.114. The van der Waals surface area contributed by atoms with Gasteiger partial charge in [-0.1, -0.05) is 11.6 Å². The predicted octanol–water partition coefficient (Wildman–Crippen LogP) is 2.80. The summed E-state index contributed by atoms with van der Waals surface area (Å²) in [5.74, 6) is 0. The molecule has 0 rings (SSSR count). The summed E-state index contributed by atoms with van der Waals surface area (Å²) in [6.45, 7) is 0. The van der Waals surface area contributed by atoms with Crippen LogP contribution in [-0.4, -0.2) is 24.6 Å². The SMILES string of the molecule is CN/C(=C(\C(=N)Cl)C(F)(F)F)C(F)(F)F. The van der Waals surface area contributed by atoms with Crippen LogP contribution in [0.5, 0.6) is 0 Å². The fourth-order valence-electron chi connectivity index (χ4n) is 0.784. The molecule has 0 aromatic carbocycles. The third-order valence-electron chi connectivity index (χ3n) is 1.29. The van der Waals surface area contributed by atoms with E-state index in [0.29, 0.717) is 7.05 Å². The molecule has 0 amide bonds. The van der Waals surface area contributed by atoms with Gasteiger partial charge in [0.2, 0.25) is 0 Å². The summed E-state index contributed by atoms with van der Waals surface area (Å²) in [5, 5.41) is 6.09. The molecule has 0 bridgehead atoms. The highest BCUT2D eigenvalue weighted by Crippen LogP contribution is 2.35. The summed E-state index contributed by atoms with van der Waals surface area (Å²) in [4.78, 5) is 0. The molecule has 0 heterocycles. The summed E-state index contributed by atoms with van der Waals surface area (Å²) in [7, 11) is 0.661. The summed E-state index contributed by atoms with van der Waals surface area (Å²) < 4.78 is 72.6. The number of hydrogen-bond acceptors (Lipinski definition) is 2. The molecular formula is C6H5ClF6N2. The first-order valence-electron chi connectivity index (χ1n) is 3.32. The molecule has 0 aromatic heterocycles. The lowest BCUT2D eigenvalue weighted by Crippen LogP contribution is -2.32. The Hall–Kier alpha value is -0.920. The third-order valence-corrected chi connectivity index (χ3v) is 1.48. The topological polar surface area (TPSA) is 35.9 Å². The molecule has 0 aliphatic heterocycles. The average Bonchev–Trinajstić information content (AvgIpc) is 1.93. The molecule has 0 unspecified atom stereocenters. The van der Waals surface area contributed by atoms with E-state index in [9.17, 15) is 26.3 Å². The maximum absolute atomic E-state index is 12.1. The van der Waals surface area contributed by atoms with Crippen molar-refractivity contribution < 1.29 is 26.3 Å². The van der Waals surface area contributed by atoms with Gasteiger partial charge in [0, 0.05) is 7.05 Å². The second-order valence-corrected chi connectivity index (χ2v) is 2.69. The molecule has 0 aliphatic carbocycles. The Balaban J connectivity index is 5.73. The fraction of sp³-hybridized carbons (Fsp3) is 0.500. The standard InChI is InChI=1S/C6H5ClF6N2/c1-15-3(6(11,12)13)2(4(7)14)5(8,9)10/h14-15H,1H3/b3-2+,14-4?. The van der Waals surface area contributed by atoms with E-state index in [-0.39, 0.29) is 0 Å². The second-order valence-electron chi connectivity index (χ2n) is 2.31. The van der Waals surface area contributed by atoms with Crippen molar-refractivity contribution in [3.8, 4) is 0 Å². The zero-order valence-electron chi connectivity index (χ0n) is 7.15. The Morgan fingerprint density at radius 2 is 1.47 bits per heavy atom. The lowest BCUT2D eigenvalue weighted by atomic mass is 10.2. The largest absolute Gasteiger partial charge is 0.431 e. The van der Waals surface area contributed by atoms with Crippen molar-refractivity contribution in [2.24, 2.45) is 0 Å². The number of alkyl halides is 6. The first kappa shape index (κ1) is 14.1. The quantitative estimate of drug-likeness (QED) is 0.577. The molecule has 0 radical (unpaired) electrons. The predicted molar refractivity (Wildman–Crippen MR) is 41.8 cm³/mol. The van der Waals surface area contributed by atoms with Crippen LogP contribution in [-0.2, 0) is 0 Å². The van der Waals surface area contributed by atoms with Gasteiger partial charge in [0.15, 0.2) is 0 Å². The lowest BCUT2D eigenvalue weighted by Gasteiger charge is -2.17. The van der Waals surface area contributed by atoms with E-state index in [1.807, 2.05) is 0 Å². The van der Waals surface area contributed by atoms with E-state index >= 15 is 0 Å². The number of hydrogen-bond donors (Lipinski definition) is 2. The van der Waals surface area contributed by atoms with Gasteiger partial charge in [0.1, 0.15) is 16.4 Å². The van der Waals surface area contributed by atoms with Crippen molar-refractivity contribution >= 4 is 16.8 Å². The van der Waals surface area contributed by atoms with Gasteiger partial charge in [-0.25, -0.2) is 0 Å². The van der Waals surface area contributed by atoms with Gasteiger partial charge >= 0.3 is 12.4 Å². The van der Waals surface area contributed by atoms with Crippen molar-refractivity contribution in [3.63, 3.8) is 0 Å². The number of halogens is 7. The molecule has 15 heavy (non-hydrogen) atoms. The van der Waals surface area contributed by atoms with E-state index in [1.54, 1.807) is 0 Å². The minimum Gasteiger partial charge on any atom is -0.384 e. The molecular weight excluding hydrogens is 250 g/mol. The minimum atomic E-state index is -5.34. The Labute approximate surface area is 85.4 Å². The van der Waals surface area contributed by atoms with Gasteiger partial charge < -0.3 is 5.32 Å². The van der Waals surface area contributed by atoms with Crippen LogP contribution >= 0.6 is 11.6 Å². The van der Waals surface area contributed by atoms with Crippen molar-refractivity contribution in [1.29, 1.82) is 5.41 Å². The number of rotatable bonds is 2. The number of nitrogens with one attached hydrogen (secondary N) is 2. The van der Waals surface area contributed by atoms with Crippen LogP contribution in [0.4, 0.5) is 26.3 Å². The Morgan fingerprint density at radius 3 is 1.53 bits per heavy atom. The minimum absolute atomic E-state index is 0.661. The fourth-order valence-corrected chi connectivity index (χ4v) is 0.986. The molecule has 2 N–H and O–H groups in total. The van der Waals surface area contributed by atoms with Crippen molar-refractivity contribution in [3.05, 3.63) is 11.3 Å². The Morgan fingerprint density at radius 1 is 1.07 bits per heavy atom. The van der Waals surface area contributed by atoms with Gasteiger partial charge in [-0.2, -0.15) is 26.3 Å². The first-order chi connectivity index (χ1) is 6.51. The maximum Gasteiger partial charge on any atom is 0.431 e. The van der Waals surface area contributed by atoms with Crippen molar-refractivity contribution in [2.45, 2.75) is 12.4 Å².